The number of pyridine rings is 2. The zero-order chi connectivity index (χ0) is 26.8. The number of carbonyl (C=O) groups excluding carboxylic acids is 1. The summed E-state index contributed by atoms with van der Waals surface area (Å²) in [5.41, 5.74) is 2.91. The largest absolute Gasteiger partial charge is 0.323 e. The topological polar surface area (TPSA) is 76.9 Å². The molecule has 2 saturated carbocycles. The Kier molecular flexibility index (Phi) is 6.00. The Bertz CT molecular complexity index is 1650. The monoisotopic (exact) mass is 548 g/mol. The van der Waals surface area contributed by atoms with E-state index in [4.69, 9.17) is 11.6 Å². The van der Waals surface area contributed by atoms with Crippen molar-refractivity contribution in [2.24, 2.45) is 5.41 Å². The number of benzene rings is 1. The minimum atomic E-state index is -0.562. The van der Waals surface area contributed by atoms with Gasteiger partial charge in [0.25, 0.3) is 5.56 Å². The first kappa shape index (κ1) is 24.9. The maximum Gasteiger partial charge on any atom is 0.274 e. The molecule has 38 heavy (non-hydrogen) atoms. The molecule has 1 aromatic carbocycles. The van der Waals surface area contributed by atoms with Crippen LogP contribution >= 0.6 is 23.1 Å². The van der Waals surface area contributed by atoms with Gasteiger partial charge in [-0.05, 0) is 92.0 Å². The van der Waals surface area contributed by atoms with Gasteiger partial charge in [-0.3, -0.25) is 19.1 Å². The Morgan fingerprint density at radius 3 is 2.71 bits per heavy atom. The van der Waals surface area contributed by atoms with Crippen LogP contribution in [-0.2, 0) is 4.79 Å². The molecule has 1 amide bonds. The average Bonchev–Trinajstić information content (AvgIpc) is 3.80. The summed E-state index contributed by atoms with van der Waals surface area (Å²) in [4.78, 5) is 31.7. The second kappa shape index (κ2) is 9.13. The fourth-order valence-corrected chi connectivity index (χ4v) is 6.03. The number of rotatable bonds is 6. The highest BCUT2D eigenvalue weighted by Crippen LogP contribution is 2.56. The van der Waals surface area contributed by atoms with Crippen molar-refractivity contribution in [3.63, 3.8) is 0 Å². The molecule has 0 spiro atoms. The number of carbonyl (C=O) groups is 1. The number of amides is 1. The fourth-order valence-electron chi connectivity index (χ4n) is 4.99. The van der Waals surface area contributed by atoms with Gasteiger partial charge in [0.15, 0.2) is 5.82 Å². The van der Waals surface area contributed by atoms with E-state index in [1.54, 1.807) is 41.2 Å². The molecule has 0 bridgehead atoms. The summed E-state index contributed by atoms with van der Waals surface area (Å²) < 4.78 is 21.3. The van der Waals surface area contributed by atoms with Gasteiger partial charge in [0.1, 0.15) is 5.02 Å². The number of hydrogen-bond donors (Lipinski definition) is 1. The van der Waals surface area contributed by atoms with E-state index in [1.165, 1.54) is 16.4 Å². The summed E-state index contributed by atoms with van der Waals surface area (Å²) in [7, 11) is 0. The van der Waals surface area contributed by atoms with Crippen molar-refractivity contribution < 1.29 is 9.18 Å². The van der Waals surface area contributed by atoms with Crippen LogP contribution in [0.1, 0.15) is 59.7 Å². The fraction of sp³-hybridized carbons (Fsp3) is 0.310. The third-order valence-corrected chi connectivity index (χ3v) is 9.02. The molecule has 194 valence electrons. The van der Waals surface area contributed by atoms with E-state index < -0.39 is 11.2 Å². The molecule has 2 atom stereocenters. The summed E-state index contributed by atoms with van der Waals surface area (Å²) in [5, 5.41) is 2.93. The van der Waals surface area contributed by atoms with Gasteiger partial charge in [-0.2, -0.15) is 0 Å². The normalized spacial score (nSPS) is 19.3. The lowest BCUT2D eigenvalue weighted by Crippen LogP contribution is -2.23. The van der Waals surface area contributed by atoms with Crippen LogP contribution in [0, 0.1) is 25.1 Å². The first-order valence-electron chi connectivity index (χ1n) is 12.6. The lowest BCUT2D eigenvalue weighted by molar-refractivity contribution is -0.120. The molecule has 2 fully saturated rings. The number of anilines is 1. The van der Waals surface area contributed by atoms with Gasteiger partial charge in [0.05, 0.1) is 17.1 Å². The summed E-state index contributed by atoms with van der Waals surface area (Å²) in [5.74, 6) is -0.214. The third kappa shape index (κ3) is 4.25. The summed E-state index contributed by atoms with van der Waals surface area (Å²) in [6.07, 6.45) is 5.95. The van der Waals surface area contributed by atoms with E-state index in [2.05, 4.69) is 14.7 Å². The number of nitrogens with zero attached hydrogens (tertiary/aromatic N) is 3. The molecular formula is C29H26ClFN4O2S. The summed E-state index contributed by atoms with van der Waals surface area (Å²) in [6, 6.07) is 10.5. The highest BCUT2D eigenvalue weighted by atomic mass is 35.5. The Morgan fingerprint density at radius 2 is 2.00 bits per heavy atom. The average molecular weight is 549 g/mol. The second-order valence-electron chi connectivity index (χ2n) is 10.6. The van der Waals surface area contributed by atoms with Gasteiger partial charge in [-0.1, -0.05) is 24.6 Å². The predicted molar refractivity (Wildman–Crippen MR) is 148 cm³/mol. The van der Waals surface area contributed by atoms with Gasteiger partial charge in [-0.25, -0.2) is 8.76 Å². The Morgan fingerprint density at radius 1 is 1.21 bits per heavy atom. The van der Waals surface area contributed by atoms with Gasteiger partial charge >= 0.3 is 0 Å². The number of aryl methyl sites for hydroxylation is 2. The molecule has 9 heteroatoms. The Hall–Kier alpha value is -3.36. The zero-order valence-electron chi connectivity index (χ0n) is 21.2. The van der Waals surface area contributed by atoms with E-state index in [-0.39, 0.29) is 33.7 Å². The zero-order valence-corrected chi connectivity index (χ0v) is 22.8. The van der Waals surface area contributed by atoms with Gasteiger partial charge in [-0.15, -0.1) is 0 Å². The van der Waals surface area contributed by atoms with Crippen LogP contribution in [-0.4, -0.2) is 19.8 Å². The van der Waals surface area contributed by atoms with E-state index >= 15 is 4.39 Å². The molecule has 0 radical (unpaired) electrons. The van der Waals surface area contributed by atoms with Crippen LogP contribution in [0.3, 0.4) is 0 Å². The van der Waals surface area contributed by atoms with Crippen molar-refractivity contribution >= 4 is 34.7 Å². The molecule has 0 saturated heterocycles. The lowest BCUT2D eigenvalue weighted by Gasteiger charge is -2.17. The van der Waals surface area contributed by atoms with Crippen molar-refractivity contribution in [3.05, 3.63) is 91.7 Å². The highest BCUT2D eigenvalue weighted by Gasteiger charge is 2.45. The molecule has 2 aliphatic rings. The van der Waals surface area contributed by atoms with Crippen molar-refractivity contribution in [3.8, 4) is 16.9 Å². The van der Waals surface area contributed by atoms with Crippen LogP contribution in [0.15, 0.2) is 53.6 Å². The van der Waals surface area contributed by atoms with E-state index in [1.807, 2.05) is 32.9 Å². The number of halogens is 2. The molecule has 3 heterocycles. The smallest absolute Gasteiger partial charge is 0.274 e. The Labute approximate surface area is 228 Å². The lowest BCUT2D eigenvalue weighted by atomic mass is 10.1. The number of aromatic nitrogens is 3. The standard InChI is InChI=1S/C29H26ClFN4O2S/c1-15-14-32-22(17-5-4-6-21(26(17)31)34-28(37)29(3)8-9-29)13-23(15)35-16(2)11-20(25(30)27(35)36)18-12-19(18)24-7-10-33-38-24/h4-7,10-11,13-14,18-19H,8-9,12H2,1-3H3,(H,34,37)/t18-,19?/m1/s1. The van der Waals surface area contributed by atoms with Gasteiger partial charge in [0.2, 0.25) is 5.91 Å². The molecule has 6 nitrogen and oxygen atoms in total. The SMILES string of the molecule is Cc1cnc(-c2cccc(NC(=O)C3(C)CC3)c2F)cc1-n1c(C)cc([C@@H]2CC2c2ccns2)c(Cl)c1=O. The van der Waals surface area contributed by atoms with Crippen molar-refractivity contribution in [2.75, 3.05) is 5.32 Å². The number of hydrogen-bond acceptors (Lipinski definition) is 5. The minimum absolute atomic E-state index is 0.116. The predicted octanol–water partition coefficient (Wildman–Crippen LogP) is 6.78. The molecule has 4 aromatic rings. The van der Waals surface area contributed by atoms with Crippen LogP contribution in [0.25, 0.3) is 16.9 Å². The second-order valence-corrected chi connectivity index (χ2v) is 11.8. The maximum atomic E-state index is 15.5. The van der Waals surface area contributed by atoms with Crippen molar-refractivity contribution in [2.45, 2.75) is 51.9 Å². The maximum absolute atomic E-state index is 15.5. The first-order valence-corrected chi connectivity index (χ1v) is 13.7. The molecule has 0 aliphatic heterocycles. The molecule has 6 rings (SSSR count). The van der Waals surface area contributed by atoms with Crippen LogP contribution in [0.2, 0.25) is 5.02 Å². The Balaban J connectivity index is 1.36. The molecule has 1 N–H and O–H groups in total. The van der Waals surface area contributed by atoms with E-state index in [0.717, 1.165) is 36.1 Å². The first-order chi connectivity index (χ1) is 18.2. The molecule has 1 unspecified atom stereocenters. The molecule has 3 aromatic heterocycles. The van der Waals surface area contributed by atoms with Gasteiger partial charge in [0, 0.05) is 39.9 Å². The van der Waals surface area contributed by atoms with Crippen LogP contribution < -0.4 is 10.9 Å². The number of nitrogens with one attached hydrogen (secondary N) is 1. The van der Waals surface area contributed by atoms with Crippen LogP contribution in [0.5, 0.6) is 0 Å². The molecule has 2 aliphatic carbocycles. The highest BCUT2D eigenvalue weighted by molar-refractivity contribution is 7.05. The van der Waals surface area contributed by atoms with E-state index in [0.29, 0.717) is 17.3 Å². The molecular weight excluding hydrogens is 523 g/mol. The minimum Gasteiger partial charge on any atom is -0.323 e. The van der Waals surface area contributed by atoms with Crippen molar-refractivity contribution in [1.29, 1.82) is 0 Å². The van der Waals surface area contributed by atoms with Crippen LogP contribution in [0.4, 0.5) is 10.1 Å². The third-order valence-electron chi connectivity index (χ3n) is 7.76. The quantitative estimate of drug-likeness (QED) is 0.288. The van der Waals surface area contributed by atoms with Crippen molar-refractivity contribution in [1.82, 2.24) is 13.9 Å². The van der Waals surface area contributed by atoms with E-state index in [9.17, 15) is 9.59 Å². The summed E-state index contributed by atoms with van der Waals surface area (Å²) in [6.45, 7) is 5.60. The summed E-state index contributed by atoms with van der Waals surface area (Å²) >= 11 is 8.15. The van der Waals surface area contributed by atoms with Gasteiger partial charge < -0.3 is 5.32 Å².